The van der Waals surface area contributed by atoms with E-state index < -0.39 is 6.10 Å². The third kappa shape index (κ3) is 15.4. The van der Waals surface area contributed by atoms with Crippen molar-refractivity contribution in [1.29, 1.82) is 0 Å². The fourth-order valence-corrected chi connectivity index (χ4v) is 4.18. The molecule has 0 fully saturated rings. The zero-order valence-corrected chi connectivity index (χ0v) is 22.5. The van der Waals surface area contributed by atoms with E-state index in [1.54, 1.807) is 6.08 Å². The molecular formula is C33H50O2. The highest BCUT2D eigenvalue weighted by Crippen LogP contribution is 2.18. The second kappa shape index (κ2) is 21.1. The first kappa shape index (κ1) is 30.8. The number of aryl methyl sites for hydroxylation is 2. The maximum Gasteiger partial charge on any atom is 0.150 e. The zero-order valence-electron chi connectivity index (χ0n) is 22.5. The molecule has 35 heavy (non-hydrogen) atoms. The Labute approximate surface area is 215 Å². The summed E-state index contributed by atoms with van der Waals surface area (Å²) >= 11 is 0. The van der Waals surface area contributed by atoms with Crippen molar-refractivity contribution in [2.75, 3.05) is 0 Å². The van der Waals surface area contributed by atoms with Crippen LogP contribution in [0.2, 0.25) is 0 Å². The van der Waals surface area contributed by atoms with Crippen LogP contribution in [0.5, 0.6) is 0 Å². The van der Waals surface area contributed by atoms with Crippen LogP contribution in [-0.2, 0) is 12.8 Å². The van der Waals surface area contributed by atoms with Crippen molar-refractivity contribution in [1.82, 2.24) is 0 Å². The second-order valence-corrected chi connectivity index (χ2v) is 9.68. The first-order valence-corrected chi connectivity index (χ1v) is 14.1. The van der Waals surface area contributed by atoms with Crippen LogP contribution in [0.15, 0.2) is 61.2 Å². The van der Waals surface area contributed by atoms with Crippen LogP contribution in [0.25, 0.3) is 0 Å². The van der Waals surface area contributed by atoms with Gasteiger partial charge in [0.2, 0.25) is 0 Å². The SMILES string of the molecule is C=CCC(O)c1ccc(CCCCCCCC)cc1.CCCCCCCCc1ccc(C=O)cc1. The lowest BCUT2D eigenvalue weighted by Crippen LogP contribution is -1.96. The van der Waals surface area contributed by atoms with E-state index in [4.69, 9.17) is 0 Å². The molecule has 0 saturated heterocycles. The van der Waals surface area contributed by atoms with E-state index in [-0.39, 0.29) is 0 Å². The standard InChI is InChI=1S/C18H28O.C15H22O/c1-3-5-6-7-8-9-11-16-12-14-17(15-13-16)18(19)10-4-2;1-2-3-4-5-6-7-8-14-9-11-15(13-16)12-10-14/h4,12-15,18-19H,2-3,5-11H2,1H3;9-13H,2-8H2,1H3. The summed E-state index contributed by atoms with van der Waals surface area (Å²) in [7, 11) is 0. The Bertz CT molecular complexity index is 761. The first-order valence-electron chi connectivity index (χ1n) is 14.1. The Morgan fingerprint density at radius 1 is 0.686 bits per heavy atom. The highest BCUT2D eigenvalue weighted by molar-refractivity contribution is 5.74. The number of aliphatic hydroxyl groups excluding tert-OH is 1. The molecule has 1 atom stereocenters. The number of aldehydes is 1. The quantitative estimate of drug-likeness (QED) is 0.131. The van der Waals surface area contributed by atoms with Crippen LogP contribution in [0.4, 0.5) is 0 Å². The number of benzene rings is 2. The molecule has 1 unspecified atom stereocenters. The highest BCUT2D eigenvalue weighted by Gasteiger charge is 2.04. The minimum Gasteiger partial charge on any atom is -0.388 e. The van der Waals surface area contributed by atoms with E-state index in [0.717, 1.165) is 30.3 Å². The molecule has 2 aromatic rings. The van der Waals surface area contributed by atoms with Gasteiger partial charge in [-0.05, 0) is 48.8 Å². The van der Waals surface area contributed by atoms with Gasteiger partial charge in [0.15, 0.2) is 0 Å². The van der Waals surface area contributed by atoms with Gasteiger partial charge in [-0.2, -0.15) is 0 Å². The predicted octanol–water partition coefficient (Wildman–Crippen LogP) is 9.60. The molecular weight excluding hydrogens is 428 g/mol. The topological polar surface area (TPSA) is 37.3 Å². The molecule has 2 heteroatoms. The fraction of sp³-hybridized carbons (Fsp3) is 0.545. The first-order chi connectivity index (χ1) is 17.1. The van der Waals surface area contributed by atoms with Gasteiger partial charge in [-0.25, -0.2) is 0 Å². The number of hydrogen-bond donors (Lipinski definition) is 1. The largest absolute Gasteiger partial charge is 0.388 e. The number of aliphatic hydroxyl groups is 1. The fourth-order valence-electron chi connectivity index (χ4n) is 4.18. The molecule has 0 aliphatic carbocycles. The number of unbranched alkanes of at least 4 members (excludes halogenated alkanes) is 10. The van der Waals surface area contributed by atoms with E-state index in [1.807, 2.05) is 24.3 Å². The lowest BCUT2D eigenvalue weighted by molar-refractivity contribution is 0.112. The summed E-state index contributed by atoms with van der Waals surface area (Å²) in [6.07, 6.45) is 21.2. The van der Waals surface area contributed by atoms with Crippen LogP contribution >= 0.6 is 0 Å². The molecule has 0 aliphatic heterocycles. The summed E-state index contributed by atoms with van der Waals surface area (Å²) in [5.41, 5.74) is 4.49. The predicted molar refractivity (Wildman–Crippen MR) is 152 cm³/mol. The molecule has 2 nitrogen and oxygen atoms in total. The average Bonchev–Trinajstić information content (AvgIpc) is 2.89. The van der Waals surface area contributed by atoms with Gasteiger partial charge >= 0.3 is 0 Å². The van der Waals surface area contributed by atoms with Crippen molar-refractivity contribution in [3.63, 3.8) is 0 Å². The molecule has 0 aliphatic rings. The molecule has 0 spiro atoms. The average molecular weight is 479 g/mol. The molecule has 2 rings (SSSR count). The van der Waals surface area contributed by atoms with Crippen molar-refractivity contribution < 1.29 is 9.90 Å². The van der Waals surface area contributed by atoms with Crippen molar-refractivity contribution in [3.05, 3.63) is 83.4 Å². The van der Waals surface area contributed by atoms with Gasteiger partial charge in [-0.3, -0.25) is 4.79 Å². The van der Waals surface area contributed by atoms with Crippen molar-refractivity contribution in [3.8, 4) is 0 Å². The third-order valence-electron chi connectivity index (χ3n) is 6.51. The number of carbonyl (C=O) groups is 1. The molecule has 0 bridgehead atoms. The monoisotopic (exact) mass is 478 g/mol. The molecule has 0 radical (unpaired) electrons. The van der Waals surface area contributed by atoms with Gasteiger partial charge in [0.25, 0.3) is 0 Å². The summed E-state index contributed by atoms with van der Waals surface area (Å²) in [6, 6.07) is 16.3. The van der Waals surface area contributed by atoms with Crippen LogP contribution in [-0.4, -0.2) is 11.4 Å². The zero-order chi connectivity index (χ0) is 25.6. The normalized spacial score (nSPS) is 11.4. The molecule has 2 aromatic carbocycles. The van der Waals surface area contributed by atoms with E-state index in [9.17, 15) is 9.90 Å². The summed E-state index contributed by atoms with van der Waals surface area (Å²) in [4.78, 5) is 10.5. The van der Waals surface area contributed by atoms with Crippen molar-refractivity contribution in [2.45, 2.75) is 116 Å². The summed E-state index contributed by atoms with van der Waals surface area (Å²) < 4.78 is 0. The minimum absolute atomic E-state index is 0.402. The molecule has 1 N–H and O–H groups in total. The van der Waals surface area contributed by atoms with Crippen molar-refractivity contribution in [2.24, 2.45) is 0 Å². The van der Waals surface area contributed by atoms with Crippen molar-refractivity contribution >= 4 is 6.29 Å². The Balaban J connectivity index is 0.000000355. The second-order valence-electron chi connectivity index (χ2n) is 9.68. The molecule has 0 amide bonds. The van der Waals surface area contributed by atoms with E-state index >= 15 is 0 Å². The van der Waals surface area contributed by atoms with E-state index in [0.29, 0.717) is 6.42 Å². The maximum atomic E-state index is 10.5. The summed E-state index contributed by atoms with van der Waals surface area (Å²) in [5.74, 6) is 0. The molecule has 194 valence electrons. The van der Waals surface area contributed by atoms with Crippen LogP contribution in [0.1, 0.15) is 130 Å². The lowest BCUT2D eigenvalue weighted by Gasteiger charge is -2.09. The Morgan fingerprint density at radius 3 is 1.54 bits per heavy atom. The Kier molecular flexibility index (Phi) is 18.6. The van der Waals surface area contributed by atoms with Crippen LogP contribution < -0.4 is 0 Å². The van der Waals surface area contributed by atoms with Gasteiger partial charge in [-0.15, -0.1) is 6.58 Å². The minimum atomic E-state index is -0.402. The number of carbonyl (C=O) groups excluding carboxylic acids is 1. The Morgan fingerprint density at radius 2 is 1.11 bits per heavy atom. The van der Waals surface area contributed by atoms with Crippen LogP contribution in [0, 0.1) is 0 Å². The number of hydrogen-bond acceptors (Lipinski definition) is 2. The van der Waals surface area contributed by atoms with Gasteiger partial charge in [0.1, 0.15) is 6.29 Å². The molecule has 0 aromatic heterocycles. The van der Waals surface area contributed by atoms with Gasteiger partial charge in [0, 0.05) is 5.56 Å². The Hall–Kier alpha value is -2.19. The van der Waals surface area contributed by atoms with E-state index in [1.165, 1.54) is 88.2 Å². The van der Waals surface area contributed by atoms with Gasteiger partial charge in [0.05, 0.1) is 6.10 Å². The summed E-state index contributed by atoms with van der Waals surface area (Å²) in [6.45, 7) is 8.15. The highest BCUT2D eigenvalue weighted by atomic mass is 16.3. The van der Waals surface area contributed by atoms with E-state index in [2.05, 4.69) is 44.7 Å². The lowest BCUT2D eigenvalue weighted by atomic mass is 10.0. The smallest absolute Gasteiger partial charge is 0.150 e. The van der Waals surface area contributed by atoms with Gasteiger partial charge in [-0.1, -0.05) is 133 Å². The molecule has 0 heterocycles. The summed E-state index contributed by atoms with van der Waals surface area (Å²) in [5, 5.41) is 9.84. The van der Waals surface area contributed by atoms with Gasteiger partial charge < -0.3 is 5.11 Å². The molecule has 0 saturated carbocycles. The third-order valence-corrected chi connectivity index (χ3v) is 6.51. The number of rotatable bonds is 18. The van der Waals surface area contributed by atoms with Crippen LogP contribution in [0.3, 0.4) is 0 Å². The maximum absolute atomic E-state index is 10.5.